The van der Waals surface area contributed by atoms with Crippen molar-refractivity contribution in [3.8, 4) is 0 Å². The van der Waals surface area contributed by atoms with Crippen LogP contribution in [-0.4, -0.2) is 16.1 Å². The molecule has 18 heavy (non-hydrogen) atoms. The van der Waals surface area contributed by atoms with E-state index in [9.17, 15) is 18.0 Å². The Labute approximate surface area is 104 Å². The van der Waals surface area contributed by atoms with Gasteiger partial charge in [0.15, 0.2) is 0 Å². The lowest BCUT2D eigenvalue weighted by Crippen LogP contribution is -2.07. The summed E-state index contributed by atoms with van der Waals surface area (Å²) in [4.78, 5) is 14.5. The molecule has 7 heteroatoms. The Bertz CT molecular complexity index is 640. The lowest BCUT2D eigenvalue weighted by Gasteiger charge is -2.08. The van der Waals surface area contributed by atoms with Gasteiger partial charge in [-0.15, -0.1) is 0 Å². The number of aromatic nitrogens is 1. The average Bonchev–Trinajstić information content (AvgIpc) is 2.26. The lowest BCUT2D eigenvalue weighted by molar-refractivity contribution is -0.137. The number of benzene rings is 1. The fraction of sp³-hybridized carbons (Fsp3) is 0.0909. The van der Waals surface area contributed by atoms with Crippen molar-refractivity contribution in [3.63, 3.8) is 0 Å². The van der Waals surface area contributed by atoms with E-state index in [4.69, 9.17) is 16.7 Å². The van der Waals surface area contributed by atoms with Crippen LogP contribution in [0.4, 0.5) is 13.2 Å². The van der Waals surface area contributed by atoms with Gasteiger partial charge in [0.05, 0.1) is 16.1 Å². The van der Waals surface area contributed by atoms with Gasteiger partial charge < -0.3 is 5.11 Å². The first-order valence-electron chi connectivity index (χ1n) is 4.69. The molecular weight excluding hydrogens is 271 g/mol. The Hall–Kier alpha value is -1.82. The summed E-state index contributed by atoms with van der Waals surface area (Å²) in [5.41, 5.74) is -1.31. The minimum atomic E-state index is -4.52. The van der Waals surface area contributed by atoms with E-state index in [0.29, 0.717) is 6.20 Å². The first kappa shape index (κ1) is 12.6. The zero-order chi connectivity index (χ0) is 13.5. The van der Waals surface area contributed by atoms with Gasteiger partial charge in [0.2, 0.25) is 0 Å². The molecular formula is C11H5ClF3NO2. The highest BCUT2D eigenvalue weighted by Gasteiger charge is 2.31. The van der Waals surface area contributed by atoms with E-state index in [2.05, 4.69) is 4.98 Å². The van der Waals surface area contributed by atoms with Crippen molar-refractivity contribution in [2.45, 2.75) is 6.18 Å². The predicted molar refractivity (Wildman–Crippen MR) is 58.7 cm³/mol. The van der Waals surface area contributed by atoms with Gasteiger partial charge >= 0.3 is 12.1 Å². The van der Waals surface area contributed by atoms with Crippen LogP contribution < -0.4 is 0 Å². The zero-order valence-corrected chi connectivity index (χ0v) is 9.38. The molecule has 3 nitrogen and oxygen atoms in total. The Morgan fingerprint density at radius 1 is 1.33 bits per heavy atom. The van der Waals surface area contributed by atoms with Crippen molar-refractivity contribution in [2.75, 3.05) is 0 Å². The summed E-state index contributed by atoms with van der Waals surface area (Å²) < 4.78 is 37.4. The molecule has 0 atom stereocenters. The van der Waals surface area contributed by atoms with Crippen LogP contribution in [0.25, 0.3) is 10.9 Å². The topological polar surface area (TPSA) is 50.2 Å². The summed E-state index contributed by atoms with van der Waals surface area (Å²) in [5, 5.41) is 8.95. The van der Waals surface area contributed by atoms with E-state index < -0.39 is 17.7 Å². The van der Waals surface area contributed by atoms with Gasteiger partial charge in [-0.2, -0.15) is 13.2 Å². The zero-order valence-electron chi connectivity index (χ0n) is 8.62. The number of hydrogen-bond acceptors (Lipinski definition) is 2. The van der Waals surface area contributed by atoms with Crippen LogP contribution in [0.5, 0.6) is 0 Å². The molecule has 0 unspecified atom stereocenters. The van der Waals surface area contributed by atoms with Crippen LogP contribution >= 0.6 is 11.6 Å². The SMILES string of the molecule is O=C(O)c1c(Cl)ccc2cc(C(F)(F)F)cnc12. The van der Waals surface area contributed by atoms with Crippen LogP contribution in [0, 0.1) is 0 Å². The number of aromatic carboxylic acids is 1. The van der Waals surface area contributed by atoms with Gasteiger partial charge in [-0.25, -0.2) is 4.79 Å². The fourth-order valence-corrected chi connectivity index (χ4v) is 1.77. The van der Waals surface area contributed by atoms with E-state index in [1.54, 1.807) is 0 Å². The Morgan fingerprint density at radius 2 is 2.00 bits per heavy atom. The van der Waals surface area contributed by atoms with E-state index in [1.807, 2.05) is 0 Å². The highest BCUT2D eigenvalue weighted by molar-refractivity contribution is 6.35. The summed E-state index contributed by atoms with van der Waals surface area (Å²) in [6.45, 7) is 0. The Morgan fingerprint density at radius 3 is 2.56 bits per heavy atom. The van der Waals surface area contributed by atoms with Crippen molar-refractivity contribution in [2.24, 2.45) is 0 Å². The molecule has 1 aromatic carbocycles. The minimum Gasteiger partial charge on any atom is -0.478 e. The van der Waals surface area contributed by atoms with Crippen LogP contribution in [-0.2, 0) is 6.18 Å². The van der Waals surface area contributed by atoms with E-state index in [1.165, 1.54) is 12.1 Å². The molecule has 0 radical (unpaired) electrons. The second-order valence-electron chi connectivity index (χ2n) is 3.52. The number of carbonyl (C=O) groups is 1. The number of halogens is 4. The molecule has 94 valence electrons. The molecule has 1 heterocycles. The van der Waals surface area contributed by atoms with Crippen molar-refractivity contribution in [1.82, 2.24) is 4.98 Å². The maximum atomic E-state index is 12.5. The molecule has 0 spiro atoms. The third-order valence-electron chi connectivity index (χ3n) is 2.34. The third kappa shape index (κ3) is 2.11. The lowest BCUT2D eigenvalue weighted by atomic mass is 10.1. The van der Waals surface area contributed by atoms with Gasteiger partial charge in [0, 0.05) is 11.6 Å². The number of pyridine rings is 1. The largest absolute Gasteiger partial charge is 0.478 e. The molecule has 0 saturated carbocycles. The van der Waals surface area contributed by atoms with Crippen molar-refractivity contribution in [3.05, 3.63) is 40.5 Å². The van der Waals surface area contributed by atoms with Crippen molar-refractivity contribution >= 4 is 28.5 Å². The Balaban J connectivity index is 2.75. The quantitative estimate of drug-likeness (QED) is 0.865. The summed E-state index contributed by atoms with van der Waals surface area (Å²) >= 11 is 5.68. The van der Waals surface area contributed by atoms with Crippen molar-refractivity contribution < 1.29 is 23.1 Å². The number of nitrogens with zero attached hydrogens (tertiary/aromatic N) is 1. The van der Waals surface area contributed by atoms with E-state index >= 15 is 0 Å². The summed E-state index contributed by atoms with van der Waals surface area (Å²) in [6, 6.07) is 3.37. The third-order valence-corrected chi connectivity index (χ3v) is 2.66. The standard InChI is InChI=1S/C11H5ClF3NO2/c12-7-2-1-5-3-6(11(13,14)15)4-16-9(5)8(7)10(17)18/h1-4H,(H,17,18). The molecule has 0 aliphatic heterocycles. The molecule has 1 aromatic heterocycles. The first-order chi connectivity index (χ1) is 8.30. The van der Waals surface area contributed by atoms with Crippen molar-refractivity contribution in [1.29, 1.82) is 0 Å². The maximum Gasteiger partial charge on any atom is 0.417 e. The second kappa shape index (κ2) is 4.13. The molecule has 0 amide bonds. The van der Waals surface area contributed by atoms with E-state index in [-0.39, 0.29) is 21.5 Å². The van der Waals surface area contributed by atoms with Gasteiger partial charge in [-0.3, -0.25) is 4.98 Å². The molecule has 0 bridgehead atoms. The van der Waals surface area contributed by atoms with Gasteiger partial charge in [-0.1, -0.05) is 17.7 Å². The number of rotatable bonds is 1. The summed E-state index contributed by atoms with van der Waals surface area (Å²) in [7, 11) is 0. The molecule has 0 aliphatic carbocycles. The average molecular weight is 276 g/mol. The number of carboxylic acids is 1. The smallest absolute Gasteiger partial charge is 0.417 e. The molecule has 0 aliphatic rings. The highest BCUT2D eigenvalue weighted by atomic mass is 35.5. The minimum absolute atomic E-state index is 0.0667. The van der Waals surface area contributed by atoms with Crippen LogP contribution in [0.1, 0.15) is 15.9 Å². The van der Waals surface area contributed by atoms with Gasteiger partial charge in [0.1, 0.15) is 5.56 Å². The number of alkyl halides is 3. The summed E-state index contributed by atoms with van der Waals surface area (Å²) in [5.74, 6) is -1.34. The molecule has 2 aromatic rings. The van der Waals surface area contributed by atoms with Gasteiger partial charge in [0.25, 0.3) is 0 Å². The molecule has 0 fully saturated rings. The van der Waals surface area contributed by atoms with E-state index in [0.717, 1.165) is 6.07 Å². The summed E-state index contributed by atoms with van der Waals surface area (Å²) in [6.07, 6.45) is -3.94. The highest BCUT2D eigenvalue weighted by Crippen LogP contribution is 2.32. The van der Waals surface area contributed by atoms with Crippen LogP contribution in [0.2, 0.25) is 5.02 Å². The maximum absolute atomic E-state index is 12.5. The normalized spacial score (nSPS) is 11.8. The van der Waals surface area contributed by atoms with Crippen LogP contribution in [0.15, 0.2) is 24.4 Å². The predicted octanol–water partition coefficient (Wildman–Crippen LogP) is 3.61. The number of carboxylic acid groups (broad SMARTS) is 1. The second-order valence-corrected chi connectivity index (χ2v) is 3.93. The first-order valence-corrected chi connectivity index (χ1v) is 5.07. The van der Waals surface area contributed by atoms with Gasteiger partial charge in [-0.05, 0) is 12.1 Å². The van der Waals surface area contributed by atoms with Crippen LogP contribution in [0.3, 0.4) is 0 Å². The monoisotopic (exact) mass is 275 g/mol. The number of hydrogen-bond donors (Lipinski definition) is 1. The molecule has 2 rings (SSSR count). The fourth-order valence-electron chi connectivity index (χ4n) is 1.54. The Kier molecular flexibility index (Phi) is 2.90. The number of fused-ring (bicyclic) bond motifs is 1. The molecule has 0 saturated heterocycles. The molecule has 1 N–H and O–H groups in total.